The monoisotopic (exact) mass is 434 g/mol. The van der Waals surface area contributed by atoms with Crippen molar-refractivity contribution >= 4 is 69.6 Å². The van der Waals surface area contributed by atoms with Gasteiger partial charge in [0.2, 0.25) is 0 Å². The second-order valence-corrected chi connectivity index (χ2v) is 7.59. The van der Waals surface area contributed by atoms with Crippen LogP contribution in [0.2, 0.25) is 15.1 Å². The van der Waals surface area contributed by atoms with Gasteiger partial charge in [-0.3, -0.25) is 14.4 Å². The van der Waals surface area contributed by atoms with Crippen molar-refractivity contribution in [2.24, 2.45) is 0 Å². The van der Waals surface area contributed by atoms with Crippen molar-refractivity contribution < 1.29 is 19.1 Å². The third-order valence-corrected chi connectivity index (χ3v) is 4.81. The Morgan fingerprint density at radius 2 is 1.77 bits per heavy atom. The summed E-state index contributed by atoms with van der Waals surface area (Å²) >= 11 is 19.0. The van der Waals surface area contributed by atoms with E-state index >= 15 is 0 Å². The number of hydrogen-bond acceptors (Lipinski definition) is 5. The molecule has 1 heterocycles. The predicted molar refractivity (Wildman–Crippen MR) is 102 cm³/mol. The van der Waals surface area contributed by atoms with E-state index in [9.17, 15) is 14.4 Å². The number of carbonyl (C=O) groups is 3. The van der Waals surface area contributed by atoms with Crippen molar-refractivity contribution in [3.8, 4) is 0 Å². The molecule has 0 atom stereocenters. The zero-order valence-electron chi connectivity index (χ0n) is 13.4. The Labute approximate surface area is 168 Å². The minimum absolute atomic E-state index is 0.153. The van der Waals surface area contributed by atoms with Crippen molar-refractivity contribution in [3.05, 3.63) is 49.1 Å². The van der Waals surface area contributed by atoms with Gasteiger partial charge in [-0.05, 0) is 31.2 Å². The van der Waals surface area contributed by atoms with Crippen LogP contribution in [0, 0.1) is 6.92 Å². The summed E-state index contributed by atoms with van der Waals surface area (Å²) in [6.45, 7) is 0.959. The van der Waals surface area contributed by atoms with Gasteiger partial charge in [-0.1, -0.05) is 34.8 Å². The Hall–Kier alpha value is -1.80. The second kappa shape index (κ2) is 9.23. The molecule has 1 aromatic heterocycles. The molecule has 26 heavy (non-hydrogen) atoms. The van der Waals surface area contributed by atoms with Gasteiger partial charge in [0, 0.05) is 9.90 Å². The van der Waals surface area contributed by atoms with Crippen molar-refractivity contribution in [2.45, 2.75) is 6.92 Å². The summed E-state index contributed by atoms with van der Waals surface area (Å²) < 4.78 is 4.80. The number of nitrogens with one attached hydrogen (secondary N) is 2. The van der Waals surface area contributed by atoms with E-state index in [2.05, 4.69) is 10.6 Å². The van der Waals surface area contributed by atoms with Crippen LogP contribution in [0.4, 0.5) is 5.69 Å². The first-order valence-electron chi connectivity index (χ1n) is 7.21. The molecule has 0 bridgehead atoms. The summed E-state index contributed by atoms with van der Waals surface area (Å²) in [7, 11) is 0. The first-order chi connectivity index (χ1) is 12.3. The third kappa shape index (κ3) is 5.88. The number of esters is 1. The Bertz CT molecular complexity index is 831. The minimum Gasteiger partial charge on any atom is -0.454 e. The van der Waals surface area contributed by atoms with Gasteiger partial charge in [-0.15, -0.1) is 11.3 Å². The Balaban J connectivity index is 1.78. The van der Waals surface area contributed by atoms with Crippen molar-refractivity contribution in [3.63, 3.8) is 0 Å². The molecule has 0 aliphatic carbocycles. The number of rotatable bonds is 6. The lowest BCUT2D eigenvalue weighted by molar-refractivity contribution is -0.146. The third-order valence-electron chi connectivity index (χ3n) is 2.99. The van der Waals surface area contributed by atoms with Gasteiger partial charge < -0.3 is 15.4 Å². The maximum Gasteiger partial charge on any atom is 0.325 e. The van der Waals surface area contributed by atoms with E-state index in [1.807, 2.05) is 6.92 Å². The average Bonchev–Trinajstić information content (AvgIpc) is 3.00. The molecule has 6 nitrogen and oxygen atoms in total. The average molecular weight is 436 g/mol. The topological polar surface area (TPSA) is 84.5 Å². The molecule has 0 aliphatic heterocycles. The lowest BCUT2D eigenvalue weighted by atomic mass is 10.3. The van der Waals surface area contributed by atoms with Crippen molar-refractivity contribution in [1.82, 2.24) is 5.32 Å². The lowest BCUT2D eigenvalue weighted by Crippen LogP contribution is -2.31. The van der Waals surface area contributed by atoms with Crippen LogP contribution < -0.4 is 10.6 Å². The molecular formula is C16H13Cl3N2O4S. The highest BCUT2D eigenvalue weighted by atomic mass is 35.5. The maximum absolute atomic E-state index is 11.8. The molecule has 0 saturated carbocycles. The molecule has 2 amide bonds. The molecule has 0 saturated heterocycles. The van der Waals surface area contributed by atoms with Gasteiger partial charge >= 0.3 is 5.97 Å². The van der Waals surface area contributed by atoms with Crippen LogP contribution in [0.5, 0.6) is 0 Å². The highest BCUT2D eigenvalue weighted by molar-refractivity contribution is 7.13. The predicted octanol–water partition coefficient (Wildman–Crippen LogP) is 3.93. The van der Waals surface area contributed by atoms with E-state index < -0.39 is 18.5 Å². The molecular weight excluding hydrogens is 423 g/mol. The van der Waals surface area contributed by atoms with Gasteiger partial charge in [0.25, 0.3) is 11.8 Å². The van der Waals surface area contributed by atoms with Crippen LogP contribution in [0.15, 0.2) is 24.3 Å². The maximum atomic E-state index is 11.8. The van der Waals surface area contributed by atoms with Crippen molar-refractivity contribution in [2.75, 3.05) is 18.5 Å². The molecule has 0 unspecified atom stereocenters. The largest absolute Gasteiger partial charge is 0.454 e. The standard InChI is InChI=1S/C16H13Cl3N2O4S/c1-8-2-3-12(26-8)16(24)20-6-14(23)25-7-13(22)21-15-10(18)4-9(17)5-11(15)19/h2-5H,6-7H2,1H3,(H,20,24)(H,21,22). The Morgan fingerprint density at radius 3 is 2.35 bits per heavy atom. The SMILES string of the molecule is Cc1ccc(C(=O)NCC(=O)OCC(=O)Nc2c(Cl)cc(Cl)cc2Cl)s1. The van der Waals surface area contributed by atoms with Crippen LogP contribution >= 0.6 is 46.1 Å². The molecule has 0 fully saturated rings. The van der Waals surface area contributed by atoms with Gasteiger partial charge in [0.15, 0.2) is 6.61 Å². The first kappa shape index (κ1) is 20.5. The summed E-state index contributed by atoms with van der Waals surface area (Å²) in [6.07, 6.45) is 0. The quantitative estimate of drug-likeness (QED) is 0.673. The fourth-order valence-electron chi connectivity index (χ4n) is 1.83. The van der Waals surface area contributed by atoms with Crippen LogP contribution in [-0.4, -0.2) is 30.9 Å². The number of thiophene rings is 1. The number of benzene rings is 1. The molecule has 0 aliphatic rings. The number of halogens is 3. The Morgan fingerprint density at radius 1 is 1.12 bits per heavy atom. The number of amides is 2. The zero-order chi connectivity index (χ0) is 19.3. The van der Waals surface area contributed by atoms with Gasteiger partial charge in [0.05, 0.1) is 20.6 Å². The zero-order valence-corrected chi connectivity index (χ0v) is 16.5. The molecule has 1 aromatic carbocycles. The van der Waals surface area contributed by atoms with Crippen LogP contribution in [0.1, 0.15) is 14.5 Å². The van der Waals surface area contributed by atoms with E-state index in [0.29, 0.717) is 9.90 Å². The molecule has 2 rings (SSSR count). The molecule has 10 heteroatoms. The van der Waals surface area contributed by atoms with E-state index in [-0.39, 0.29) is 28.2 Å². The highest BCUT2D eigenvalue weighted by Gasteiger charge is 2.14. The van der Waals surface area contributed by atoms with Gasteiger partial charge in [-0.25, -0.2) is 0 Å². The smallest absolute Gasteiger partial charge is 0.325 e. The number of ether oxygens (including phenoxy) is 1. The first-order valence-corrected chi connectivity index (χ1v) is 9.16. The fourth-order valence-corrected chi connectivity index (χ4v) is 3.53. The summed E-state index contributed by atoms with van der Waals surface area (Å²) in [6, 6.07) is 6.29. The molecule has 0 radical (unpaired) electrons. The van der Waals surface area contributed by atoms with E-state index in [0.717, 1.165) is 4.88 Å². The van der Waals surface area contributed by atoms with E-state index in [1.54, 1.807) is 12.1 Å². The molecule has 2 aromatic rings. The van der Waals surface area contributed by atoms with E-state index in [4.69, 9.17) is 39.5 Å². The van der Waals surface area contributed by atoms with E-state index in [1.165, 1.54) is 23.5 Å². The summed E-state index contributed by atoms with van der Waals surface area (Å²) in [5.41, 5.74) is 0.167. The number of aryl methyl sites for hydroxylation is 1. The number of carbonyl (C=O) groups excluding carboxylic acids is 3. The normalized spacial score (nSPS) is 10.3. The van der Waals surface area contributed by atoms with Gasteiger partial charge in [0.1, 0.15) is 6.54 Å². The number of hydrogen-bond donors (Lipinski definition) is 2. The van der Waals surface area contributed by atoms with Crippen LogP contribution in [-0.2, 0) is 14.3 Å². The molecule has 138 valence electrons. The van der Waals surface area contributed by atoms with Crippen molar-refractivity contribution in [1.29, 1.82) is 0 Å². The highest BCUT2D eigenvalue weighted by Crippen LogP contribution is 2.33. The molecule has 2 N–H and O–H groups in total. The summed E-state index contributed by atoms with van der Waals surface area (Å²) in [4.78, 5) is 36.8. The van der Waals surface area contributed by atoms with Crippen LogP contribution in [0.3, 0.4) is 0 Å². The number of anilines is 1. The Kier molecular flexibility index (Phi) is 7.28. The minimum atomic E-state index is -0.755. The van der Waals surface area contributed by atoms with Crippen LogP contribution in [0.25, 0.3) is 0 Å². The fraction of sp³-hybridized carbons (Fsp3) is 0.188. The second-order valence-electron chi connectivity index (χ2n) is 5.05. The lowest BCUT2D eigenvalue weighted by Gasteiger charge is -2.10. The van der Waals surface area contributed by atoms with Gasteiger partial charge in [-0.2, -0.15) is 0 Å². The summed E-state index contributed by atoms with van der Waals surface area (Å²) in [5.74, 6) is -1.77. The summed E-state index contributed by atoms with van der Waals surface area (Å²) in [5, 5.41) is 5.48. The molecule has 0 spiro atoms.